The number of nitrogens with one attached hydrogen (secondary N) is 1. The predicted octanol–water partition coefficient (Wildman–Crippen LogP) is 2.84. The number of para-hydroxylation sites is 2. The fourth-order valence-corrected chi connectivity index (χ4v) is 2.40. The summed E-state index contributed by atoms with van der Waals surface area (Å²) in [6.45, 7) is 4.36. The number of aryl methyl sites for hydroxylation is 1. The molecule has 0 saturated carbocycles. The number of hydrogen-bond acceptors (Lipinski definition) is 3. The standard InChI is InChI=1S/C18H19NO3/c1-12-7-9-14(10-8-12)11-19-18(20)17-13(2)21-15-5-3-4-6-16(15)22-17/h3-10,13,17H,11H2,1-2H3,(H,19,20)/t13-,17-/m1/s1. The lowest BCUT2D eigenvalue weighted by Gasteiger charge is -2.31. The molecule has 0 radical (unpaired) electrons. The first-order chi connectivity index (χ1) is 10.6. The van der Waals surface area contributed by atoms with E-state index < -0.39 is 6.10 Å². The molecule has 0 spiro atoms. The van der Waals surface area contributed by atoms with Crippen molar-refractivity contribution in [3.63, 3.8) is 0 Å². The number of amides is 1. The minimum atomic E-state index is -0.639. The molecule has 0 aromatic heterocycles. The molecule has 3 rings (SSSR count). The monoisotopic (exact) mass is 297 g/mol. The highest BCUT2D eigenvalue weighted by molar-refractivity contribution is 5.82. The fraction of sp³-hybridized carbons (Fsp3) is 0.278. The maximum atomic E-state index is 12.3. The second-order valence-electron chi connectivity index (χ2n) is 5.51. The van der Waals surface area contributed by atoms with Gasteiger partial charge in [0.2, 0.25) is 6.10 Å². The van der Waals surface area contributed by atoms with Gasteiger partial charge in [0.05, 0.1) is 0 Å². The van der Waals surface area contributed by atoms with Crippen molar-refractivity contribution >= 4 is 5.91 Å². The van der Waals surface area contributed by atoms with Crippen LogP contribution in [0.2, 0.25) is 0 Å². The average molecular weight is 297 g/mol. The molecule has 1 amide bonds. The number of carbonyl (C=O) groups excluding carboxylic acids is 1. The quantitative estimate of drug-likeness (QED) is 0.947. The van der Waals surface area contributed by atoms with Gasteiger partial charge < -0.3 is 14.8 Å². The zero-order chi connectivity index (χ0) is 15.5. The molecule has 1 aliphatic heterocycles. The number of fused-ring (bicyclic) bond motifs is 1. The Morgan fingerprint density at radius 1 is 1.05 bits per heavy atom. The molecule has 114 valence electrons. The van der Waals surface area contributed by atoms with Gasteiger partial charge in [0, 0.05) is 6.54 Å². The van der Waals surface area contributed by atoms with Crippen LogP contribution in [-0.2, 0) is 11.3 Å². The van der Waals surface area contributed by atoms with E-state index in [1.54, 1.807) is 0 Å². The lowest BCUT2D eigenvalue weighted by atomic mass is 10.1. The van der Waals surface area contributed by atoms with Gasteiger partial charge in [-0.2, -0.15) is 0 Å². The van der Waals surface area contributed by atoms with E-state index in [2.05, 4.69) is 5.32 Å². The van der Waals surface area contributed by atoms with Gasteiger partial charge in [0.1, 0.15) is 6.10 Å². The van der Waals surface area contributed by atoms with Crippen LogP contribution in [0.5, 0.6) is 11.5 Å². The van der Waals surface area contributed by atoms with Crippen molar-refractivity contribution in [3.05, 3.63) is 59.7 Å². The number of rotatable bonds is 3. The molecular formula is C18H19NO3. The normalized spacial score (nSPS) is 19.5. The Morgan fingerprint density at radius 2 is 1.68 bits per heavy atom. The summed E-state index contributed by atoms with van der Waals surface area (Å²) in [5.41, 5.74) is 2.26. The third-order valence-corrected chi connectivity index (χ3v) is 3.69. The van der Waals surface area contributed by atoms with Crippen molar-refractivity contribution < 1.29 is 14.3 Å². The Morgan fingerprint density at radius 3 is 2.36 bits per heavy atom. The third kappa shape index (κ3) is 3.06. The molecule has 1 N–H and O–H groups in total. The summed E-state index contributed by atoms with van der Waals surface area (Å²) >= 11 is 0. The lowest BCUT2D eigenvalue weighted by molar-refractivity contribution is -0.133. The maximum Gasteiger partial charge on any atom is 0.265 e. The fourth-order valence-electron chi connectivity index (χ4n) is 2.40. The number of ether oxygens (including phenoxy) is 2. The third-order valence-electron chi connectivity index (χ3n) is 3.69. The molecule has 2 atom stereocenters. The van der Waals surface area contributed by atoms with Gasteiger partial charge >= 0.3 is 0 Å². The Balaban J connectivity index is 1.64. The largest absolute Gasteiger partial charge is 0.482 e. The molecule has 0 aliphatic carbocycles. The summed E-state index contributed by atoms with van der Waals surface area (Å²) < 4.78 is 11.5. The molecule has 0 unspecified atom stereocenters. The van der Waals surface area contributed by atoms with Crippen LogP contribution >= 0.6 is 0 Å². The lowest BCUT2D eigenvalue weighted by Crippen LogP contribution is -2.48. The molecule has 2 aromatic rings. The minimum absolute atomic E-state index is 0.164. The topological polar surface area (TPSA) is 47.6 Å². The molecular weight excluding hydrogens is 278 g/mol. The van der Waals surface area contributed by atoms with Gasteiger partial charge in [0.25, 0.3) is 5.91 Å². The molecule has 2 aromatic carbocycles. The number of hydrogen-bond donors (Lipinski definition) is 1. The highest BCUT2D eigenvalue weighted by Gasteiger charge is 2.33. The van der Waals surface area contributed by atoms with Crippen LogP contribution in [-0.4, -0.2) is 18.1 Å². The van der Waals surface area contributed by atoms with Gasteiger partial charge in [0.15, 0.2) is 11.5 Å². The molecule has 22 heavy (non-hydrogen) atoms. The van der Waals surface area contributed by atoms with Gasteiger partial charge in [-0.3, -0.25) is 4.79 Å². The highest BCUT2D eigenvalue weighted by Crippen LogP contribution is 2.33. The van der Waals surface area contributed by atoms with Gasteiger partial charge in [-0.05, 0) is 31.5 Å². The molecule has 0 fully saturated rings. The summed E-state index contributed by atoms with van der Waals surface area (Å²) in [5, 5.41) is 2.91. The maximum absolute atomic E-state index is 12.3. The summed E-state index contributed by atoms with van der Waals surface area (Å²) in [6, 6.07) is 15.5. The zero-order valence-corrected chi connectivity index (χ0v) is 12.7. The smallest absolute Gasteiger partial charge is 0.265 e. The second-order valence-corrected chi connectivity index (χ2v) is 5.51. The van der Waals surface area contributed by atoms with Crippen molar-refractivity contribution in [1.29, 1.82) is 0 Å². The predicted molar refractivity (Wildman–Crippen MR) is 84.0 cm³/mol. The Kier molecular flexibility index (Phi) is 4.00. The number of benzene rings is 2. The summed E-state index contributed by atoms with van der Waals surface area (Å²) in [6.07, 6.45) is -0.965. The van der Waals surface area contributed by atoms with Crippen molar-refractivity contribution in [1.82, 2.24) is 5.32 Å². The van der Waals surface area contributed by atoms with Crippen LogP contribution in [0.1, 0.15) is 18.1 Å². The second kappa shape index (κ2) is 6.10. The van der Waals surface area contributed by atoms with Crippen molar-refractivity contribution in [2.75, 3.05) is 0 Å². The first-order valence-corrected chi connectivity index (χ1v) is 7.39. The SMILES string of the molecule is Cc1ccc(CNC(=O)[C@@H]2Oc3ccccc3O[C@@H]2C)cc1. The van der Waals surface area contributed by atoms with Crippen molar-refractivity contribution in [2.45, 2.75) is 32.6 Å². The molecule has 4 nitrogen and oxygen atoms in total. The van der Waals surface area contributed by atoms with Crippen LogP contribution < -0.4 is 14.8 Å². The Labute approximate surface area is 130 Å². The molecule has 4 heteroatoms. The van der Waals surface area contributed by atoms with E-state index in [0.29, 0.717) is 18.0 Å². The van der Waals surface area contributed by atoms with E-state index in [-0.39, 0.29) is 12.0 Å². The van der Waals surface area contributed by atoms with E-state index in [1.165, 1.54) is 5.56 Å². The molecule has 1 aliphatic rings. The van der Waals surface area contributed by atoms with Crippen LogP contribution in [0, 0.1) is 6.92 Å². The summed E-state index contributed by atoms with van der Waals surface area (Å²) in [4.78, 5) is 12.3. The zero-order valence-electron chi connectivity index (χ0n) is 12.7. The Hall–Kier alpha value is -2.49. The van der Waals surface area contributed by atoms with Crippen molar-refractivity contribution in [3.8, 4) is 11.5 Å². The van der Waals surface area contributed by atoms with Crippen LogP contribution in [0.3, 0.4) is 0 Å². The minimum Gasteiger partial charge on any atom is -0.482 e. The van der Waals surface area contributed by atoms with Gasteiger partial charge in [-0.15, -0.1) is 0 Å². The average Bonchev–Trinajstić information content (AvgIpc) is 2.53. The van der Waals surface area contributed by atoms with E-state index in [0.717, 1.165) is 5.56 Å². The van der Waals surface area contributed by atoms with Gasteiger partial charge in [-0.1, -0.05) is 42.0 Å². The van der Waals surface area contributed by atoms with Crippen molar-refractivity contribution in [2.24, 2.45) is 0 Å². The molecule has 0 bridgehead atoms. The molecule has 1 heterocycles. The van der Waals surface area contributed by atoms with E-state index in [1.807, 2.05) is 62.4 Å². The van der Waals surface area contributed by atoms with Gasteiger partial charge in [-0.25, -0.2) is 0 Å². The molecule has 0 saturated heterocycles. The first-order valence-electron chi connectivity index (χ1n) is 7.39. The summed E-state index contributed by atoms with van der Waals surface area (Å²) in [5.74, 6) is 1.12. The van der Waals surface area contributed by atoms with E-state index >= 15 is 0 Å². The Bertz CT molecular complexity index is 666. The van der Waals surface area contributed by atoms with E-state index in [4.69, 9.17) is 9.47 Å². The summed E-state index contributed by atoms with van der Waals surface area (Å²) in [7, 11) is 0. The van der Waals surface area contributed by atoms with Crippen LogP contribution in [0.15, 0.2) is 48.5 Å². The van der Waals surface area contributed by atoms with E-state index in [9.17, 15) is 4.79 Å². The van der Waals surface area contributed by atoms with Crippen LogP contribution in [0.25, 0.3) is 0 Å². The first kappa shape index (κ1) is 14.4. The van der Waals surface area contributed by atoms with Crippen LogP contribution in [0.4, 0.5) is 0 Å². The highest BCUT2D eigenvalue weighted by atomic mass is 16.6. The number of carbonyl (C=O) groups is 1.